The van der Waals surface area contributed by atoms with Crippen LogP contribution in [0.1, 0.15) is 6.42 Å². The van der Waals surface area contributed by atoms with Crippen molar-refractivity contribution in [3.8, 4) is 0 Å². The maximum Gasteiger partial charge on any atom is 0.306 e. The van der Waals surface area contributed by atoms with Gasteiger partial charge in [0.05, 0.1) is 41.0 Å². The highest BCUT2D eigenvalue weighted by molar-refractivity contribution is 7.91. The van der Waals surface area contributed by atoms with Crippen LogP contribution in [-0.4, -0.2) is 51.5 Å². The predicted octanol–water partition coefficient (Wildman–Crippen LogP) is 3.34. The second-order valence-corrected chi connectivity index (χ2v) is 15.6. The molecule has 0 aliphatic rings. The van der Waals surface area contributed by atoms with E-state index >= 15 is 0 Å². The van der Waals surface area contributed by atoms with E-state index in [9.17, 15) is 13.2 Å². The van der Waals surface area contributed by atoms with E-state index in [1.807, 2.05) is 0 Å². The third kappa shape index (κ3) is 6.03. The summed E-state index contributed by atoms with van der Waals surface area (Å²) in [4.78, 5) is 15.6. The Morgan fingerprint density at radius 2 is 2.00 bits per heavy atom. The lowest BCUT2D eigenvalue weighted by Crippen LogP contribution is -2.22. The molecule has 1 aromatic carbocycles. The van der Waals surface area contributed by atoms with Crippen molar-refractivity contribution in [2.45, 2.75) is 43.7 Å². The molecule has 0 aliphatic heterocycles. The minimum Gasteiger partial charge on any atom is -0.469 e. The Hall–Kier alpha value is -1.42. The third-order valence-electron chi connectivity index (χ3n) is 4.04. The Balaban J connectivity index is 2.22. The summed E-state index contributed by atoms with van der Waals surface area (Å²) in [5.41, 5.74) is 1.09. The summed E-state index contributed by atoms with van der Waals surface area (Å²) >= 11 is 6.23. The van der Waals surface area contributed by atoms with Crippen LogP contribution in [0.25, 0.3) is 11.0 Å². The summed E-state index contributed by atoms with van der Waals surface area (Å²) in [6.07, 6.45) is 1.36. The summed E-state index contributed by atoms with van der Waals surface area (Å²) in [6.45, 7) is 7.72. The molecule has 7 nitrogen and oxygen atoms in total. The SMILES string of the molecule is COC(=O)CCS(=O)(=O)c1cc(Cl)c2ncn(COCC[Si](C)(C)C)c2c1. The second-order valence-electron chi connectivity index (χ2n) is 7.48. The molecule has 0 atom stereocenters. The van der Waals surface area contributed by atoms with Crippen molar-refractivity contribution in [2.75, 3.05) is 19.5 Å². The molecule has 0 amide bonds. The molecule has 0 spiro atoms. The number of halogens is 1. The van der Waals surface area contributed by atoms with Gasteiger partial charge in [-0.1, -0.05) is 31.2 Å². The smallest absolute Gasteiger partial charge is 0.306 e. The Kier molecular flexibility index (Phi) is 7.07. The highest BCUT2D eigenvalue weighted by Gasteiger charge is 2.20. The average Bonchev–Trinajstić information content (AvgIpc) is 2.99. The van der Waals surface area contributed by atoms with E-state index in [2.05, 4.69) is 29.4 Å². The molecule has 2 aromatic rings. The van der Waals surface area contributed by atoms with Crippen LogP contribution in [0.15, 0.2) is 23.4 Å². The van der Waals surface area contributed by atoms with Crippen LogP contribution in [0.5, 0.6) is 0 Å². The lowest BCUT2D eigenvalue weighted by atomic mass is 10.3. The quantitative estimate of drug-likeness (QED) is 0.343. The standard InChI is InChI=1S/C17H25ClN2O5SSi/c1-24-16(21)5-7-26(22,23)13-9-14(18)17-15(10-13)20(11-19-17)12-25-6-8-27(2,3)4/h9-11H,5-8,12H2,1-4H3. The number of hydrogen-bond donors (Lipinski definition) is 0. The lowest BCUT2D eigenvalue weighted by molar-refractivity contribution is -0.140. The summed E-state index contributed by atoms with van der Waals surface area (Å²) in [6, 6.07) is 3.91. The molecule has 0 radical (unpaired) electrons. The van der Waals surface area contributed by atoms with Gasteiger partial charge in [0.15, 0.2) is 9.84 Å². The van der Waals surface area contributed by atoms with Gasteiger partial charge in [-0.2, -0.15) is 0 Å². The zero-order chi connectivity index (χ0) is 20.2. The number of rotatable bonds is 9. The van der Waals surface area contributed by atoms with Gasteiger partial charge in [-0.25, -0.2) is 13.4 Å². The highest BCUT2D eigenvalue weighted by Crippen LogP contribution is 2.27. The number of carbonyl (C=O) groups is 1. The van der Waals surface area contributed by atoms with Gasteiger partial charge < -0.3 is 14.0 Å². The van der Waals surface area contributed by atoms with E-state index in [1.165, 1.54) is 19.2 Å². The molecule has 2 rings (SSSR count). The summed E-state index contributed by atoms with van der Waals surface area (Å²) < 4.78 is 37.0. The number of hydrogen-bond acceptors (Lipinski definition) is 6. The normalized spacial score (nSPS) is 12.5. The molecule has 1 heterocycles. The fraction of sp³-hybridized carbons (Fsp3) is 0.529. The number of imidazole rings is 1. The van der Waals surface area contributed by atoms with Gasteiger partial charge >= 0.3 is 5.97 Å². The second kappa shape index (κ2) is 8.72. The Labute approximate surface area is 165 Å². The van der Waals surface area contributed by atoms with E-state index in [0.29, 0.717) is 17.6 Å². The maximum absolute atomic E-state index is 12.5. The first kappa shape index (κ1) is 21.9. The first-order valence-electron chi connectivity index (χ1n) is 8.55. The van der Waals surface area contributed by atoms with Crippen molar-refractivity contribution in [1.29, 1.82) is 0 Å². The van der Waals surface area contributed by atoms with Crippen LogP contribution in [0.4, 0.5) is 0 Å². The summed E-state index contributed by atoms with van der Waals surface area (Å²) in [5, 5.41) is 0.241. The first-order valence-corrected chi connectivity index (χ1v) is 14.3. The zero-order valence-corrected chi connectivity index (χ0v) is 18.6. The summed E-state index contributed by atoms with van der Waals surface area (Å²) in [5.74, 6) is -0.922. The monoisotopic (exact) mass is 432 g/mol. The van der Waals surface area contributed by atoms with Gasteiger partial charge in [0.1, 0.15) is 12.2 Å². The van der Waals surface area contributed by atoms with Crippen LogP contribution in [0, 0.1) is 0 Å². The molecular weight excluding hydrogens is 408 g/mol. The Morgan fingerprint density at radius 3 is 2.63 bits per heavy atom. The Bertz CT molecular complexity index is 921. The van der Waals surface area contributed by atoms with Gasteiger partial charge in [-0.05, 0) is 18.2 Å². The zero-order valence-electron chi connectivity index (χ0n) is 16.0. The Morgan fingerprint density at radius 1 is 1.30 bits per heavy atom. The van der Waals surface area contributed by atoms with Crippen molar-refractivity contribution in [3.63, 3.8) is 0 Å². The van der Waals surface area contributed by atoms with E-state index in [0.717, 1.165) is 6.04 Å². The molecule has 0 unspecified atom stereocenters. The average molecular weight is 433 g/mol. The number of benzene rings is 1. The topological polar surface area (TPSA) is 87.5 Å². The van der Waals surface area contributed by atoms with Gasteiger partial charge in [0, 0.05) is 14.7 Å². The van der Waals surface area contributed by atoms with Crippen LogP contribution in [-0.2, 0) is 30.8 Å². The van der Waals surface area contributed by atoms with E-state index < -0.39 is 23.9 Å². The van der Waals surface area contributed by atoms with Gasteiger partial charge in [-0.3, -0.25) is 4.79 Å². The molecule has 0 fully saturated rings. The minimum absolute atomic E-state index is 0.0488. The van der Waals surface area contributed by atoms with Gasteiger partial charge in [0.25, 0.3) is 0 Å². The van der Waals surface area contributed by atoms with Gasteiger partial charge in [-0.15, -0.1) is 0 Å². The largest absolute Gasteiger partial charge is 0.469 e. The highest BCUT2D eigenvalue weighted by atomic mass is 35.5. The number of esters is 1. The van der Waals surface area contributed by atoms with Crippen LogP contribution in [0.3, 0.4) is 0 Å². The first-order chi connectivity index (χ1) is 12.5. The van der Waals surface area contributed by atoms with Crippen molar-refractivity contribution in [3.05, 3.63) is 23.5 Å². The molecular formula is C17H25ClN2O5SSi. The molecule has 10 heteroatoms. The number of carbonyl (C=O) groups excluding carboxylic acids is 1. The van der Waals surface area contributed by atoms with Crippen LogP contribution < -0.4 is 0 Å². The molecule has 150 valence electrons. The number of fused-ring (bicyclic) bond motifs is 1. The number of sulfone groups is 1. The van der Waals surface area contributed by atoms with E-state index in [-0.39, 0.29) is 28.8 Å². The minimum atomic E-state index is -3.68. The number of methoxy groups -OCH3 is 1. The van der Waals surface area contributed by atoms with Crippen molar-refractivity contribution >= 4 is 46.5 Å². The maximum atomic E-state index is 12.5. The van der Waals surface area contributed by atoms with Gasteiger partial charge in [0.2, 0.25) is 0 Å². The molecule has 1 aromatic heterocycles. The third-order valence-corrected chi connectivity index (χ3v) is 7.73. The van der Waals surface area contributed by atoms with E-state index in [1.54, 1.807) is 10.9 Å². The molecule has 27 heavy (non-hydrogen) atoms. The van der Waals surface area contributed by atoms with Crippen molar-refractivity contribution < 1.29 is 22.7 Å². The van der Waals surface area contributed by atoms with E-state index in [4.69, 9.17) is 16.3 Å². The lowest BCUT2D eigenvalue weighted by Gasteiger charge is -2.15. The summed E-state index contributed by atoms with van der Waals surface area (Å²) in [7, 11) is -3.64. The molecule has 0 aliphatic carbocycles. The van der Waals surface area contributed by atoms with Crippen molar-refractivity contribution in [1.82, 2.24) is 9.55 Å². The number of aromatic nitrogens is 2. The van der Waals surface area contributed by atoms with Crippen molar-refractivity contribution in [2.24, 2.45) is 0 Å². The molecule has 0 saturated heterocycles. The number of ether oxygens (including phenoxy) is 2. The number of nitrogens with zero attached hydrogens (tertiary/aromatic N) is 2. The fourth-order valence-corrected chi connectivity index (χ4v) is 4.70. The van der Waals surface area contributed by atoms with Crippen LogP contribution in [0.2, 0.25) is 30.7 Å². The predicted molar refractivity (Wildman–Crippen MR) is 108 cm³/mol. The molecule has 0 bridgehead atoms. The molecule has 0 N–H and O–H groups in total. The van der Waals surface area contributed by atoms with Crippen LogP contribution >= 0.6 is 11.6 Å². The fourth-order valence-electron chi connectivity index (χ4n) is 2.36. The molecule has 0 saturated carbocycles.